The molecule has 0 aliphatic heterocycles. The van der Waals surface area contributed by atoms with Crippen LogP contribution < -0.4 is 5.73 Å². The number of fused-ring (bicyclic) bond motifs is 1. The number of aromatic nitrogens is 3. The lowest BCUT2D eigenvalue weighted by Crippen LogP contribution is -1.93. The molecule has 3 rings (SSSR count). The Kier molecular flexibility index (Phi) is 1.73. The third kappa shape index (κ3) is 1.33. The average Bonchev–Trinajstić information content (AvgIpc) is 2.83. The summed E-state index contributed by atoms with van der Waals surface area (Å²) in [7, 11) is 0. The van der Waals surface area contributed by atoms with Gasteiger partial charge in [-0.15, -0.1) is 0 Å². The third-order valence-corrected chi connectivity index (χ3v) is 2.33. The highest BCUT2D eigenvalue weighted by atomic mass is 16.3. The molecule has 0 aliphatic rings. The fourth-order valence-corrected chi connectivity index (χ4v) is 1.58. The smallest absolute Gasteiger partial charge is 0.155 e. The highest BCUT2D eigenvalue weighted by molar-refractivity contribution is 5.59. The number of nitrogen functional groups attached to an aromatic ring is 1. The largest absolute Gasteiger partial charge is 0.460 e. The molecule has 0 bridgehead atoms. The fraction of sp³-hybridized carbons (Fsp3) is 0.0909. The van der Waals surface area contributed by atoms with Crippen LogP contribution in [0.15, 0.2) is 35.0 Å². The van der Waals surface area contributed by atoms with Gasteiger partial charge in [0.25, 0.3) is 0 Å². The van der Waals surface area contributed by atoms with Crippen LogP contribution in [-0.4, -0.2) is 14.6 Å². The molecule has 0 amide bonds. The minimum atomic E-state index is 0.581. The van der Waals surface area contributed by atoms with Gasteiger partial charge in [0.15, 0.2) is 11.4 Å². The van der Waals surface area contributed by atoms with E-state index in [0.29, 0.717) is 5.69 Å². The molecule has 0 unspecified atom stereocenters. The van der Waals surface area contributed by atoms with Crippen molar-refractivity contribution in [1.82, 2.24) is 14.6 Å². The number of rotatable bonds is 1. The molecular weight excluding hydrogens is 204 g/mol. The van der Waals surface area contributed by atoms with E-state index in [1.165, 1.54) is 0 Å². The van der Waals surface area contributed by atoms with Gasteiger partial charge >= 0.3 is 0 Å². The van der Waals surface area contributed by atoms with Crippen LogP contribution in [0.4, 0.5) is 5.69 Å². The predicted octanol–water partition coefficient (Wildman–Crippen LogP) is 1.88. The minimum absolute atomic E-state index is 0.581. The zero-order chi connectivity index (χ0) is 11.1. The Labute approximate surface area is 91.5 Å². The van der Waals surface area contributed by atoms with Crippen molar-refractivity contribution in [2.45, 2.75) is 6.92 Å². The molecule has 2 N–H and O–H groups in total. The van der Waals surface area contributed by atoms with Gasteiger partial charge in [-0.3, -0.25) is 0 Å². The molecule has 0 saturated heterocycles. The molecule has 3 heterocycles. The number of nitrogens with zero attached hydrogens (tertiary/aromatic N) is 3. The molecule has 0 saturated carbocycles. The maximum absolute atomic E-state index is 5.63. The van der Waals surface area contributed by atoms with Gasteiger partial charge in [-0.25, -0.2) is 9.50 Å². The van der Waals surface area contributed by atoms with Crippen LogP contribution in [0.2, 0.25) is 0 Å². The van der Waals surface area contributed by atoms with Gasteiger partial charge in [0.2, 0.25) is 0 Å². The Hall–Kier alpha value is -2.30. The van der Waals surface area contributed by atoms with Crippen LogP contribution in [-0.2, 0) is 0 Å². The van der Waals surface area contributed by atoms with Gasteiger partial charge in [0.1, 0.15) is 11.5 Å². The monoisotopic (exact) mass is 214 g/mol. The molecule has 0 spiro atoms. The number of furan rings is 1. The molecular formula is C11H10N4O. The van der Waals surface area contributed by atoms with Gasteiger partial charge in [-0.2, -0.15) is 5.10 Å². The third-order valence-electron chi connectivity index (χ3n) is 2.33. The molecule has 5 nitrogen and oxygen atoms in total. The summed E-state index contributed by atoms with van der Waals surface area (Å²) in [6.45, 7) is 1.90. The lowest BCUT2D eigenvalue weighted by atomic mass is 10.3. The van der Waals surface area contributed by atoms with Gasteiger partial charge in [-0.05, 0) is 19.1 Å². The zero-order valence-corrected chi connectivity index (χ0v) is 8.71. The average molecular weight is 214 g/mol. The Morgan fingerprint density at radius 2 is 2.25 bits per heavy atom. The molecule has 16 heavy (non-hydrogen) atoms. The molecule has 5 heteroatoms. The molecule has 0 aromatic carbocycles. The Balaban J connectivity index is 2.18. The maximum Gasteiger partial charge on any atom is 0.155 e. The number of hydrogen-bond acceptors (Lipinski definition) is 4. The second-order valence-electron chi connectivity index (χ2n) is 3.63. The summed E-state index contributed by atoms with van der Waals surface area (Å²) in [6, 6.07) is 5.65. The normalized spacial score (nSPS) is 11.1. The Bertz CT molecular complexity index is 653. The molecule has 0 atom stereocenters. The van der Waals surface area contributed by atoms with E-state index in [2.05, 4.69) is 10.1 Å². The Morgan fingerprint density at radius 3 is 3.00 bits per heavy atom. The summed E-state index contributed by atoms with van der Waals surface area (Å²) >= 11 is 0. The van der Waals surface area contributed by atoms with Gasteiger partial charge < -0.3 is 10.2 Å². The lowest BCUT2D eigenvalue weighted by molar-refractivity contribution is 0.546. The Morgan fingerprint density at radius 1 is 1.38 bits per heavy atom. The highest BCUT2D eigenvalue weighted by Gasteiger charge is 2.08. The summed E-state index contributed by atoms with van der Waals surface area (Å²) in [5.41, 5.74) is 7.71. The number of nitrogens with two attached hydrogens (primary N) is 1. The second-order valence-corrected chi connectivity index (χ2v) is 3.63. The van der Waals surface area contributed by atoms with E-state index < -0.39 is 0 Å². The summed E-state index contributed by atoms with van der Waals surface area (Å²) in [5, 5.41) is 4.34. The fourth-order valence-electron chi connectivity index (χ4n) is 1.58. The second kappa shape index (κ2) is 3.10. The van der Waals surface area contributed by atoms with Gasteiger partial charge in [0, 0.05) is 6.07 Å². The van der Waals surface area contributed by atoms with Crippen molar-refractivity contribution < 1.29 is 4.42 Å². The van der Waals surface area contributed by atoms with Gasteiger partial charge in [-0.1, -0.05) is 0 Å². The van der Waals surface area contributed by atoms with Crippen molar-refractivity contribution in [3.63, 3.8) is 0 Å². The lowest BCUT2D eigenvalue weighted by Gasteiger charge is -1.92. The first-order valence-corrected chi connectivity index (χ1v) is 4.90. The summed E-state index contributed by atoms with van der Waals surface area (Å²) in [4.78, 5) is 4.17. The summed E-state index contributed by atoms with van der Waals surface area (Å²) in [6.07, 6.45) is 3.33. The molecule has 0 aliphatic carbocycles. The standard InChI is InChI=1S/C11H10N4O/c1-7-2-3-10(16-7)9-4-11-13-5-8(12)6-15(11)14-9/h2-6H,12H2,1H3. The van der Waals surface area contributed by atoms with Crippen molar-refractivity contribution in [1.29, 1.82) is 0 Å². The molecule has 3 aromatic rings. The van der Waals surface area contributed by atoms with E-state index in [9.17, 15) is 0 Å². The van der Waals surface area contributed by atoms with E-state index in [0.717, 1.165) is 22.9 Å². The van der Waals surface area contributed by atoms with Crippen LogP contribution in [0.1, 0.15) is 5.76 Å². The first-order valence-electron chi connectivity index (χ1n) is 4.90. The van der Waals surface area contributed by atoms with Crippen LogP contribution in [0, 0.1) is 6.92 Å². The van der Waals surface area contributed by atoms with E-state index in [-0.39, 0.29) is 0 Å². The SMILES string of the molecule is Cc1ccc(-c2cc3ncc(N)cn3n2)o1. The van der Waals surface area contributed by atoms with Gasteiger partial charge in [0.05, 0.1) is 18.1 Å². The van der Waals surface area contributed by atoms with Crippen LogP contribution in [0.3, 0.4) is 0 Å². The maximum atomic E-state index is 5.63. The van der Waals surface area contributed by atoms with E-state index in [1.807, 2.05) is 25.1 Å². The topological polar surface area (TPSA) is 69.3 Å². The quantitative estimate of drug-likeness (QED) is 0.671. The summed E-state index contributed by atoms with van der Waals surface area (Å²) < 4.78 is 7.14. The first kappa shape index (κ1) is 8.96. The first-order chi connectivity index (χ1) is 7.72. The number of hydrogen-bond donors (Lipinski definition) is 1. The van der Waals surface area contributed by atoms with Crippen molar-refractivity contribution in [2.75, 3.05) is 5.73 Å². The van der Waals surface area contributed by atoms with E-state index >= 15 is 0 Å². The van der Waals surface area contributed by atoms with Crippen LogP contribution in [0.5, 0.6) is 0 Å². The van der Waals surface area contributed by atoms with E-state index in [1.54, 1.807) is 16.9 Å². The molecule has 80 valence electrons. The molecule has 0 radical (unpaired) electrons. The predicted molar refractivity (Wildman–Crippen MR) is 59.8 cm³/mol. The number of anilines is 1. The van der Waals surface area contributed by atoms with Crippen LogP contribution in [0.25, 0.3) is 17.1 Å². The van der Waals surface area contributed by atoms with Crippen molar-refractivity contribution >= 4 is 11.3 Å². The molecule has 0 fully saturated rings. The molecule has 3 aromatic heterocycles. The van der Waals surface area contributed by atoms with Crippen molar-refractivity contribution in [2.24, 2.45) is 0 Å². The van der Waals surface area contributed by atoms with Crippen molar-refractivity contribution in [3.05, 3.63) is 36.4 Å². The van der Waals surface area contributed by atoms with Crippen molar-refractivity contribution in [3.8, 4) is 11.5 Å². The highest BCUT2D eigenvalue weighted by Crippen LogP contribution is 2.21. The van der Waals surface area contributed by atoms with Crippen LogP contribution >= 0.6 is 0 Å². The number of aryl methyl sites for hydroxylation is 1. The van der Waals surface area contributed by atoms with E-state index in [4.69, 9.17) is 10.2 Å². The zero-order valence-electron chi connectivity index (χ0n) is 8.71. The summed E-state index contributed by atoms with van der Waals surface area (Å²) in [5.74, 6) is 1.60. The minimum Gasteiger partial charge on any atom is -0.460 e.